The average Bonchev–Trinajstić information content (AvgIpc) is 3.45. The molecule has 0 bridgehead atoms. The van der Waals surface area contributed by atoms with Crippen molar-refractivity contribution >= 4 is 16.8 Å². The number of carbonyl (C=O) groups is 1. The first kappa shape index (κ1) is 22.8. The summed E-state index contributed by atoms with van der Waals surface area (Å²) in [6.45, 7) is 1.70. The second kappa shape index (κ2) is 9.77. The summed E-state index contributed by atoms with van der Waals surface area (Å²) in [4.78, 5) is 15.5. The van der Waals surface area contributed by atoms with E-state index in [4.69, 9.17) is 0 Å². The van der Waals surface area contributed by atoms with E-state index in [2.05, 4.69) is 63.8 Å². The van der Waals surface area contributed by atoms with Gasteiger partial charge in [-0.15, -0.1) is 0 Å². The zero-order valence-corrected chi connectivity index (χ0v) is 20.3. The molecular formula is C32H26N4O. The van der Waals surface area contributed by atoms with Crippen molar-refractivity contribution in [3.8, 4) is 23.0 Å². The van der Waals surface area contributed by atoms with E-state index in [1.54, 1.807) is 6.20 Å². The SMILES string of the molecule is O=C(c1ccc2[nH]ncc2c1)N1CCN[C@](C#Cc2ccccc2-c2ccccc2)(c2ccccc2)C1. The molecule has 1 saturated heterocycles. The van der Waals surface area contributed by atoms with Crippen LogP contribution in [0.25, 0.3) is 22.0 Å². The number of H-pyrrole nitrogens is 1. The van der Waals surface area contributed by atoms with Crippen LogP contribution >= 0.6 is 0 Å². The standard InChI is InChI=1S/C32H26N4O/c37-31(26-15-16-30-27(21-26)22-34-35-30)36-20-19-33-32(23-36,28-12-5-2-6-13-28)18-17-25-11-7-8-14-29(25)24-9-3-1-4-10-24/h1-16,21-22,33H,19-20,23H2,(H,34,35)/t32-/m0/s1. The molecule has 0 spiro atoms. The van der Waals surface area contributed by atoms with Gasteiger partial charge in [0.15, 0.2) is 0 Å². The van der Waals surface area contributed by atoms with Crippen molar-refractivity contribution in [1.82, 2.24) is 20.4 Å². The van der Waals surface area contributed by atoms with E-state index in [0.29, 0.717) is 25.2 Å². The smallest absolute Gasteiger partial charge is 0.254 e. The molecule has 0 radical (unpaired) electrons. The molecule has 1 amide bonds. The summed E-state index contributed by atoms with van der Waals surface area (Å²) in [5, 5.41) is 11.6. The van der Waals surface area contributed by atoms with E-state index in [9.17, 15) is 4.79 Å². The number of fused-ring (bicyclic) bond motifs is 1. The Morgan fingerprint density at radius 3 is 2.49 bits per heavy atom. The number of rotatable bonds is 3. The maximum absolute atomic E-state index is 13.6. The summed E-state index contributed by atoms with van der Waals surface area (Å²) in [7, 11) is 0. The third-order valence-corrected chi connectivity index (χ3v) is 6.90. The Bertz CT molecular complexity index is 1610. The number of carbonyl (C=O) groups excluding carboxylic acids is 1. The van der Waals surface area contributed by atoms with Crippen molar-refractivity contribution < 1.29 is 4.79 Å². The molecule has 1 aliphatic heterocycles. The molecule has 37 heavy (non-hydrogen) atoms. The second-order valence-corrected chi connectivity index (χ2v) is 9.26. The summed E-state index contributed by atoms with van der Waals surface area (Å²) >= 11 is 0. The third kappa shape index (κ3) is 4.51. The lowest BCUT2D eigenvalue weighted by atomic mass is 9.87. The number of benzene rings is 4. The second-order valence-electron chi connectivity index (χ2n) is 9.26. The van der Waals surface area contributed by atoms with Crippen LogP contribution in [0.3, 0.4) is 0 Å². The predicted octanol–water partition coefficient (Wildman–Crippen LogP) is 5.22. The van der Waals surface area contributed by atoms with Crippen LogP contribution in [-0.2, 0) is 5.54 Å². The Morgan fingerprint density at radius 2 is 1.65 bits per heavy atom. The van der Waals surface area contributed by atoms with Crippen molar-refractivity contribution in [2.24, 2.45) is 0 Å². The average molecular weight is 483 g/mol. The fourth-order valence-electron chi connectivity index (χ4n) is 4.96. The van der Waals surface area contributed by atoms with Gasteiger partial charge in [0.2, 0.25) is 0 Å². The van der Waals surface area contributed by atoms with Gasteiger partial charge in [0, 0.05) is 29.6 Å². The van der Waals surface area contributed by atoms with Crippen LogP contribution in [0.5, 0.6) is 0 Å². The van der Waals surface area contributed by atoms with Crippen LogP contribution in [-0.4, -0.2) is 40.6 Å². The normalized spacial score (nSPS) is 17.2. The highest BCUT2D eigenvalue weighted by Crippen LogP contribution is 2.28. The molecule has 2 heterocycles. The Morgan fingerprint density at radius 1 is 0.892 bits per heavy atom. The lowest BCUT2D eigenvalue weighted by molar-refractivity contribution is 0.0666. The molecule has 2 N–H and O–H groups in total. The van der Waals surface area contributed by atoms with Gasteiger partial charge in [-0.1, -0.05) is 90.7 Å². The Hall–Kier alpha value is -4.66. The van der Waals surface area contributed by atoms with Gasteiger partial charge in [0.1, 0.15) is 5.54 Å². The molecule has 5 heteroatoms. The van der Waals surface area contributed by atoms with Crippen molar-refractivity contribution in [1.29, 1.82) is 0 Å². The molecule has 1 aromatic heterocycles. The number of hydrogen-bond donors (Lipinski definition) is 2. The lowest BCUT2D eigenvalue weighted by Crippen LogP contribution is -2.59. The van der Waals surface area contributed by atoms with Crippen LogP contribution < -0.4 is 5.32 Å². The molecule has 1 atom stereocenters. The quantitative estimate of drug-likeness (QED) is 0.347. The van der Waals surface area contributed by atoms with Crippen LogP contribution in [0.15, 0.2) is 109 Å². The summed E-state index contributed by atoms with van der Waals surface area (Å²) in [6, 6.07) is 34.4. The maximum atomic E-state index is 13.6. The largest absolute Gasteiger partial charge is 0.334 e. The zero-order valence-electron chi connectivity index (χ0n) is 20.3. The zero-order chi connectivity index (χ0) is 25.1. The van der Waals surface area contributed by atoms with E-state index in [0.717, 1.165) is 33.2 Å². The highest BCUT2D eigenvalue weighted by Gasteiger charge is 2.37. The van der Waals surface area contributed by atoms with E-state index in [1.165, 1.54) is 0 Å². The van der Waals surface area contributed by atoms with Crippen molar-refractivity contribution in [3.05, 3.63) is 126 Å². The van der Waals surface area contributed by atoms with Crippen molar-refractivity contribution in [3.63, 3.8) is 0 Å². The van der Waals surface area contributed by atoms with Crippen LogP contribution in [0, 0.1) is 11.8 Å². The van der Waals surface area contributed by atoms with E-state index in [1.807, 2.05) is 71.6 Å². The molecule has 6 rings (SSSR count). The number of piperazine rings is 1. The molecule has 4 aromatic carbocycles. The van der Waals surface area contributed by atoms with Crippen molar-refractivity contribution in [2.45, 2.75) is 5.54 Å². The van der Waals surface area contributed by atoms with Crippen LogP contribution in [0.1, 0.15) is 21.5 Å². The first-order valence-corrected chi connectivity index (χ1v) is 12.4. The predicted molar refractivity (Wildman–Crippen MR) is 147 cm³/mol. The summed E-state index contributed by atoms with van der Waals surface area (Å²) in [5.74, 6) is 7.04. The van der Waals surface area contributed by atoms with Gasteiger partial charge in [-0.05, 0) is 41.0 Å². The van der Waals surface area contributed by atoms with E-state index >= 15 is 0 Å². The van der Waals surface area contributed by atoms with Crippen LogP contribution in [0.4, 0.5) is 0 Å². The number of aromatic nitrogens is 2. The summed E-state index contributed by atoms with van der Waals surface area (Å²) in [6.07, 6.45) is 1.74. The maximum Gasteiger partial charge on any atom is 0.254 e. The van der Waals surface area contributed by atoms with E-state index in [-0.39, 0.29) is 5.91 Å². The minimum atomic E-state index is -0.696. The number of nitrogens with zero attached hydrogens (tertiary/aromatic N) is 2. The number of nitrogens with one attached hydrogen (secondary N) is 2. The minimum absolute atomic E-state index is 0.00334. The third-order valence-electron chi connectivity index (χ3n) is 6.90. The molecule has 5 aromatic rings. The summed E-state index contributed by atoms with van der Waals surface area (Å²) < 4.78 is 0. The fraction of sp³-hybridized carbons (Fsp3) is 0.125. The van der Waals surface area contributed by atoms with Gasteiger partial charge >= 0.3 is 0 Å². The highest BCUT2D eigenvalue weighted by molar-refractivity contribution is 5.98. The number of hydrogen-bond acceptors (Lipinski definition) is 3. The van der Waals surface area contributed by atoms with Gasteiger partial charge in [-0.2, -0.15) is 5.10 Å². The Labute approximate surface area is 216 Å². The van der Waals surface area contributed by atoms with Gasteiger partial charge in [0.05, 0.1) is 18.3 Å². The molecule has 0 unspecified atom stereocenters. The number of amides is 1. The minimum Gasteiger partial charge on any atom is -0.334 e. The Balaban J connectivity index is 1.38. The lowest BCUT2D eigenvalue weighted by Gasteiger charge is -2.41. The molecule has 1 fully saturated rings. The first-order chi connectivity index (χ1) is 18.2. The topological polar surface area (TPSA) is 61.0 Å². The molecular weight excluding hydrogens is 456 g/mol. The molecule has 0 saturated carbocycles. The summed E-state index contributed by atoms with van der Waals surface area (Å²) in [5.41, 5.74) is 5.10. The molecule has 1 aliphatic rings. The molecule has 0 aliphatic carbocycles. The first-order valence-electron chi connectivity index (χ1n) is 12.4. The van der Waals surface area contributed by atoms with Crippen LogP contribution in [0.2, 0.25) is 0 Å². The van der Waals surface area contributed by atoms with Crippen molar-refractivity contribution in [2.75, 3.05) is 19.6 Å². The van der Waals surface area contributed by atoms with Gasteiger partial charge in [-0.25, -0.2) is 0 Å². The molecule has 5 nitrogen and oxygen atoms in total. The molecule has 180 valence electrons. The van der Waals surface area contributed by atoms with Gasteiger partial charge in [0.25, 0.3) is 5.91 Å². The Kier molecular flexibility index (Phi) is 6.02. The van der Waals surface area contributed by atoms with Gasteiger partial charge < -0.3 is 4.90 Å². The number of aromatic amines is 1. The fourth-order valence-corrected chi connectivity index (χ4v) is 4.96. The van der Waals surface area contributed by atoms with Gasteiger partial charge in [-0.3, -0.25) is 15.2 Å². The van der Waals surface area contributed by atoms with E-state index < -0.39 is 5.54 Å². The highest BCUT2D eigenvalue weighted by atomic mass is 16.2. The monoisotopic (exact) mass is 482 g/mol.